The molecule has 0 bridgehead atoms. The van der Waals surface area contributed by atoms with Crippen molar-refractivity contribution in [2.75, 3.05) is 11.6 Å². The monoisotopic (exact) mass is 249 g/mol. The Balaban J connectivity index is 2.27. The van der Waals surface area contributed by atoms with E-state index in [4.69, 9.17) is 0 Å². The maximum Gasteiger partial charge on any atom is 0.191 e. The zero-order valence-electron chi connectivity index (χ0n) is 9.90. The summed E-state index contributed by atoms with van der Waals surface area (Å²) in [6.07, 6.45) is 9.76. The lowest BCUT2D eigenvalue weighted by Crippen LogP contribution is -1.97. The Morgan fingerprint density at radius 3 is 3.12 bits per heavy atom. The molecule has 2 rings (SSSR count). The van der Waals surface area contributed by atoms with Crippen molar-refractivity contribution in [2.45, 2.75) is 24.9 Å². The topological polar surface area (TPSA) is 66.5 Å². The molecule has 2 N–H and O–H groups in total. The van der Waals surface area contributed by atoms with E-state index in [-0.39, 0.29) is 0 Å². The Hall–Kier alpha value is -1.56. The fourth-order valence-corrected chi connectivity index (χ4v) is 1.76. The number of imidazole rings is 1. The van der Waals surface area contributed by atoms with Crippen LogP contribution in [-0.4, -0.2) is 26.2 Å². The molecule has 0 aromatic carbocycles. The van der Waals surface area contributed by atoms with Gasteiger partial charge in [0.15, 0.2) is 22.1 Å². The SMILES string of the molecule is CCCC=CNc1nc(SC)nc2[nH]cnc12. The van der Waals surface area contributed by atoms with Crippen LogP contribution in [-0.2, 0) is 0 Å². The Labute approximate surface area is 104 Å². The summed E-state index contributed by atoms with van der Waals surface area (Å²) in [5.41, 5.74) is 1.53. The fourth-order valence-electron chi connectivity index (χ4n) is 1.40. The predicted octanol–water partition coefficient (Wildman–Crippen LogP) is 2.80. The minimum atomic E-state index is 0.730. The zero-order chi connectivity index (χ0) is 12.1. The highest BCUT2D eigenvalue weighted by Crippen LogP contribution is 2.20. The lowest BCUT2D eigenvalue weighted by molar-refractivity contribution is 0.956. The summed E-state index contributed by atoms with van der Waals surface area (Å²) < 4.78 is 0. The molecule has 0 spiro atoms. The number of H-pyrrole nitrogens is 1. The maximum absolute atomic E-state index is 4.40. The highest BCUT2D eigenvalue weighted by molar-refractivity contribution is 7.98. The first-order chi connectivity index (χ1) is 8.35. The second-order valence-corrected chi connectivity index (χ2v) is 4.27. The largest absolute Gasteiger partial charge is 0.345 e. The molecular weight excluding hydrogens is 234 g/mol. The first-order valence-corrected chi connectivity index (χ1v) is 6.74. The number of aromatic amines is 1. The summed E-state index contributed by atoms with van der Waals surface area (Å²) in [5.74, 6) is 0.743. The van der Waals surface area contributed by atoms with Crippen molar-refractivity contribution in [3.8, 4) is 0 Å². The van der Waals surface area contributed by atoms with Crippen LogP contribution in [0.15, 0.2) is 23.8 Å². The molecule has 0 aliphatic rings. The van der Waals surface area contributed by atoms with Crippen LogP contribution in [0.2, 0.25) is 0 Å². The Bertz CT molecular complexity index is 520. The number of unbranched alkanes of at least 4 members (excludes halogenated alkanes) is 1. The molecule has 0 aliphatic carbocycles. The maximum atomic E-state index is 4.40. The number of anilines is 1. The minimum Gasteiger partial charge on any atom is -0.345 e. The van der Waals surface area contributed by atoms with E-state index < -0.39 is 0 Å². The number of nitrogens with one attached hydrogen (secondary N) is 2. The van der Waals surface area contributed by atoms with Gasteiger partial charge in [-0.1, -0.05) is 31.2 Å². The number of hydrogen-bond donors (Lipinski definition) is 2. The Morgan fingerprint density at radius 1 is 1.47 bits per heavy atom. The summed E-state index contributed by atoms with van der Waals surface area (Å²) in [4.78, 5) is 15.9. The molecule has 5 nitrogen and oxygen atoms in total. The van der Waals surface area contributed by atoms with Crippen LogP contribution in [0.4, 0.5) is 5.82 Å². The van der Waals surface area contributed by atoms with E-state index in [9.17, 15) is 0 Å². The highest BCUT2D eigenvalue weighted by atomic mass is 32.2. The fraction of sp³-hybridized carbons (Fsp3) is 0.364. The van der Waals surface area contributed by atoms with Crippen LogP contribution in [0.25, 0.3) is 11.2 Å². The van der Waals surface area contributed by atoms with Gasteiger partial charge in [0.1, 0.15) is 0 Å². The van der Waals surface area contributed by atoms with E-state index in [2.05, 4.69) is 38.3 Å². The predicted molar refractivity (Wildman–Crippen MR) is 71.1 cm³/mol. The third-order valence-electron chi connectivity index (χ3n) is 2.23. The molecule has 0 radical (unpaired) electrons. The molecular formula is C11H15N5S. The van der Waals surface area contributed by atoms with Gasteiger partial charge in [-0.15, -0.1) is 0 Å². The van der Waals surface area contributed by atoms with E-state index in [1.807, 2.05) is 12.5 Å². The van der Waals surface area contributed by atoms with Gasteiger partial charge in [-0.3, -0.25) is 0 Å². The lowest BCUT2D eigenvalue weighted by Gasteiger charge is -2.02. The van der Waals surface area contributed by atoms with E-state index in [0.717, 1.165) is 35.0 Å². The summed E-state index contributed by atoms with van der Waals surface area (Å²) in [6, 6.07) is 0. The van der Waals surface area contributed by atoms with Crippen LogP contribution in [0.3, 0.4) is 0 Å². The molecule has 2 heterocycles. The zero-order valence-corrected chi connectivity index (χ0v) is 10.7. The van der Waals surface area contributed by atoms with Crippen LogP contribution < -0.4 is 5.32 Å². The molecule has 0 saturated heterocycles. The number of aromatic nitrogens is 4. The lowest BCUT2D eigenvalue weighted by atomic mass is 10.3. The number of thioether (sulfide) groups is 1. The van der Waals surface area contributed by atoms with Gasteiger partial charge in [0.2, 0.25) is 0 Å². The Morgan fingerprint density at radius 2 is 2.35 bits per heavy atom. The standard InChI is InChI=1S/C11H15N5S/c1-3-4-5-6-12-9-8-10(14-7-13-8)16-11(15-9)17-2/h5-7H,3-4H2,1-2H3,(H2,12,13,14,15,16). The van der Waals surface area contributed by atoms with Crippen molar-refractivity contribution < 1.29 is 0 Å². The van der Waals surface area contributed by atoms with Gasteiger partial charge in [0.05, 0.1) is 6.33 Å². The van der Waals surface area contributed by atoms with Gasteiger partial charge < -0.3 is 10.3 Å². The van der Waals surface area contributed by atoms with Crippen molar-refractivity contribution in [3.05, 3.63) is 18.6 Å². The van der Waals surface area contributed by atoms with E-state index in [1.165, 1.54) is 11.8 Å². The average molecular weight is 249 g/mol. The quantitative estimate of drug-likeness (QED) is 0.630. The van der Waals surface area contributed by atoms with Gasteiger partial charge in [0, 0.05) is 0 Å². The number of allylic oxidation sites excluding steroid dienone is 1. The first kappa shape index (κ1) is 11.9. The normalized spacial score (nSPS) is 11.4. The van der Waals surface area contributed by atoms with Gasteiger partial charge in [-0.25, -0.2) is 15.0 Å². The summed E-state index contributed by atoms with van der Waals surface area (Å²) in [5, 5.41) is 3.89. The van der Waals surface area contributed by atoms with Crippen molar-refractivity contribution in [1.29, 1.82) is 0 Å². The van der Waals surface area contributed by atoms with Crippen LogP contribution in [0.5, 0.6) is 0 Å². The summed E-state index contributed by atoms with van der Waals surface area (Å²) >= 11 is 1.51. The molecule has 0 amide bonds. The van der Waals surface area contributed by atoms with Crippen molar-refractivity contribution in [2.24, 2.45) is 0 Å². The second-order valence-electron chi connectivity index (χ2n) is 3.49. The van der Waals surface area contributed by atoms with Crippen molar-refractivity contribution >= 4 is 28.7 Å². The van der Waals surface area contributed by atoms with Gasteiger partial charge in [0.25, 0.3) is 0 Å². The molecule has 0 atom stereocenters. The smallest absolute Gasteiger partial charge is 0.191 e. The number of nitrogens with zero attached hydrogens (tertiary/aromatic N) is 3. The molecule has 90 valence electrons. The van der Waals surface area contributed by atoms with Gasteiger partial charge >= 0.3 is 0 Å². The molecule has 17 heavy (non-hydrogen) atoms. The molecule has 2 aromatic heterocycles. The molecule has 0 saturated carbocycles. The second kappa shape index (κ2) is 5.67. The average Bonchev–Trinajstić information content (AvgIpc) is 2.82. The third-order valence-corrected chi connectivity index (χ3v) is 2.78. The van der Waals surface area contributed by atoms with Gasteiger partial charge in [-0.2, -0.15) is 0 Å². The molecule has 0 fully saturated rings. The first-order valence-electron chi connectivity index (χ1n) is 5.51. The Kier molecular flexibility index (Phi) is 3.98. The highest BCUT2D eigenvalue weighted by Gasteiger charge is 2.07. The summed E-state index contributed by atoms with van der Waals surface area (Å²) in [7, 11) is 0. The summed E-state index contributed by atoms with van der Waals surface area (Å²) in [6.45, 7) is 2.15. The van der Waals surface area contributed by atoms with E-state index in [0.29, 0.717) is 0 Å². The minimum absolute atomic E-state index is 0.730. The molecule has 2 aromatic rings. The molecule has 6 heteroatoms. The van der Waals surface area contributed by atoms with Gasteiger partial charge in [-0.05, 0) is 18.9 Å². The number of fused-ring (bicyclic) bond motifs is 1. The third kappa shape index (κ3) is 2.76. The van der Waals surface area contributed by atoms with Crippen molar-refractivity contribution in [3.63, 3.8) is 0 Å². The van der Waals surface area contributed by atoms with Crippen LogP contribution >= 0.6 is 11.8 Å². The van der Waals surface area contributed by atoms with Crippen LogP contribution in [0.1, 0.15) is 19.8 Å². The van der Waals surface area contributed by atoms with Crippen molar-refractivity contribution in [1.82, 2.24) is 19.9 Å². The molecule has 0 aliphatic heterocycles. The molecule has 0 unspecified atom stereocenters. The van der Waals surface area contributed by atoms with E-state index in [1.54, 1.807) is 6.33 Å². The van der Waals surface area contributed by atoms with E-state index >= 15 is 0 Å². The number of rotatable bonds is 5. The number of hydrogen-bond acceptors (Lipinski definition) is 5. The van der Waals surface area contributed by atoms with Crippen LogP contribution in [0, 0.1) is 0 Å².